The lowest BCUT2D eigenvalue weighted by molar-refractivity contribution is 0.0929. The molecule has 3 aromatic rings. The fourth-order valence-corrected chi connectivity index (χ4v) is 3.79. The van der Waals surface area contributed by atoms with Gasteiger partial charge in [-0.05, 0) is 64.8 Å². The number of halogens is 2. The molecule has 27 heavy (non-hydrogen) atoms. The number of ether oxygens (including phenoxy) is 2. The van der Waals surface area contributed by atoms with E-state index in [9.17, 15) is 4.79 Å². The molecule has 0 bridgehead atoms. The second-order valence-corrected chi connectivity index (χ2v) is 7.23. The van der Waals surface area contributed by atoms with E-state index >= 15 is 0 Å². The Morgan fingerprint density at radius 3 is 2.78 bits per heavy atom. The van der Waals surface area contributed by atoms with Gasteiger partial charge in [-0.3, -0.25) is 4.79 Å². The molecule has 0 unspecified atom stereocenters. The lowest BCUT2D eigenvalue weighted by Crippen LogP contribution is -2.16. The Labute approximate surface area is 172 Å². The highest BCUT2D eigenvalue weighted by Crippen LogP contribution is 2.31. The van der Waals surface area contributed by atoms with E-state index in [2.05, 4.69) is 42.4 Å². The number of carbonyl (C=O) groups excluding carboxylic acids is 1. The Hall–Kier alpha value is -2.32. The van der Waals surface area contributed by atoms with Crippen LogP contribution < -0.4 is 14.9 Å². The molecule has 0 aliphatic carbocycles. The first-order valence-electron chi connectivity index (χ1n) is 8.04. The van der Waals surface area contributed by atoms with Crippen LogP contribution in [-0.2, 0) is 0 Å². The average Bonchev–Trinajstić information content (AvgIpc) is 3.07. The number of hydrogen-bond donors (Lipinski definition) is 1. The molecule has 0 fully saturated rings. The second-order valence-electron chi connectivity index (χ2n) is 5.46. The first kappa shape index (κ1) is 19.4. The van der Waals surface area contributed by atoms with E-state index in [0.717, 1.165) is 19.9 Å². The molecule has 8 heteroatoms. The topological polar surface area (TPSA) is 73.1 Å². The highest BCUT2D eigenvalue weighted by atomic mass is 79.9. The minimum absolute atomic E-state index is 0.172. The molecule has 1 N–H and O–H groups in total. The van der Waals surface area contributed by atoms with Gasteiger partial charge in [-0.1, -0.05) is 15.9 Å². The molecule has 1 heterocycles. The number of hydrazone groups is 1. The first-order valence-corrected chi connectivity index (χ1v) is 9.63. The lowest BCUT2D eigenvalue weighted by atomic mass is 10.2. The van der Waals surface area contributed by atoms with Crippen LogP contribution in [0.15, 0.2) is 54.9 Å². The van der Waals surface area contributed by atoms with Crippen LogP contribution in [0.1, 0.15) is 23.0 Å². The van der Waals surface area contributed by atoms with Crippen molar-refractivity contribution in [2.24, 2.45) is 5.10 Å². The summed E-state index contributed by atoms with van der Waals surface area (Å²) in [5, 5.41) is 4.79. The van der Waals surface area contributed by atoms with Gasteiger partial charge in [-0.15, -0.1) is 0 Å². The van der Waals surface area contributed by atoms with Crippen molar-refractivity contribution < 1.29 is 18.7 Å². The van der Waals surface area contributed by atoms with E-state index in [1.807, 2.05) is 25.1 Å². The molecule has 0 saturated carbocycles. The summed E-state index contributed by atoms with van der Waals surface area (Å²) in [5.74, 6) is 0.981. The largest absolute Gasteiger partial charge is 0.493 e. The third kappa shape index (κ3) is 4.51. The van der Waals surface area contributed by atoms with Crippen molar-refractivity contribution in [1.29, 1.82) is 0 Å². The number of fused-ring (bicyclic) bond motifs is 1. The molecular formula is C19H16Br2N2O4. The number of rotatable bonds is 6. The van der Waals surface area contributed by atoms with Crippen LogP contribution in [0.2, 0.25) is 0 Å². The molecular weight excluding hydrogens is 480 g/mol. The van der Waals surface area contributed by atoms with Crippen molar-refractivity contribution in [1.82, 2.24) is 5.43 Å². The van der Waals surface area contributed by atoms with Crippen LogP contribution in [0.5, 0.6) is 11.5 Å². The smallest absolute Gasteiger partial charge is 0.307 e. The number of furan rings is 1. The zero-order valence-corrected chi connectivity index (χ0v) is 17.8. The zero-order chi connectivity index (χ0) is 19.4. The zero-order valence-electron chi connectivity index (χ0n) is 14.6. The van der Waals surface area contributed by atoms with Gasteiger partial charge in [-0.25, -0.2) is 5.43 Å². The number of nitrogens with one attached hydrogen (secondary N) is 1. The predicted octanol–water partition coefficient (Wildman–Crippen LogP) is 5.13. The normalized spacial score (nSPS) is 11.1. The third-order valence-corrected chi connectivity index (χ3v) is 4.67. The van der Waals surface area contributed by atoms with Gasteiger partial charge in [0.15, 0.2) is 17.3 Å². The molecule has 1 aromatic heterocycles. The van der Waals surface area contributed by atoms with E-state index < -0.39 is 5.91 Å². The van der Waals surface area contributed by atoms with Gasteiger partial charge in [0.1, 0.15) is 5.58 Å². The van der Waals surface area contributed by atoms with E-state index in [-0.39, 0.29) is 5.76 Å². The van der Waals surface area contributed by atoms with Crippen molar-refractivity contribution in [3.05, 3.63) is 56.7 Å². The van der Waals surface area contributed by atoms with Gasteiger partial charge in [0.25, 0.3) is 0 Å². The summed E-state index contributed by atoms with van der Waals surface area (Å²) in [6.07, 6.45) is 1.52. The van der Waals surface area contributed by atoms with Crippen molar-refractivity contribution >= 4 is 55.0 Å². The van der Waals surface area contributed by atoms with E-state index in [4.69, 9.17) is 13.9 Å². The minimum atomic E-state index is -0.441. The van der Waals surface area contributed by atoms with Gasteiger partial charge in [0.2, 0.25) is 0 Å². The first-order chi connectivity index (χ1) is 13.0. The third-order valence-electron chi connectivity index (χ3n) is 3.63. The summed E-state index contributed by atoms with van der Waals surface area (Å²) in [7, 11) is 1.58. The number of carbonyl (C=O) groups is 1. The maximum Gasteiger partial charge on any atom is 0.307 e. The van der Waals surface area contributed by atoms with Crippen LogP contribution in [0.25, 0.3) is 11.0 Å². The quantitative estimate of drug-likeness (QED) is 0.380. The number of hydrogen-bond acceptors (Lipinski definition) is 5. The summed E-state index contributed by atoms with van der Waals surface area (Å²) in [4.78, 5) is 12.3. The predicted molar refractivity (Wildman–Crippen MR) is 111 cm³/mol. The molecule has 2 aromatic carbocycles. The summed E-state index contributed by atoms with van der Waals surface area (Å²) in [6.45, 7) is 2.41. The Kier molecular flexibility index (Phi) is 6.18. The van der Waals surface area contributed by atoms with Gasteiger partial charge in [-0.2, -0.15) is 5.10 Å². The van der Waals surface area contributed by atoms with Crippen LogP contribution in [0.4, 0.5) is 0 Å². The van der Waals surface area contributed by atoms with Crippen molar-refractivity contribution in [3.8, 4) is 11.5 Å². The van der Waals surface area contributed by atoms with Gasteiger partial charge in [0.05, 0.1) is 24.4 Å². The molecule has 0 aliphatic rings. The number of amides is 1. The minimum Gasteiger partial charge on any atom is -0.493 e. The second kappa shape index (κ2) is 8.58. The molecule has 0 radical (unpaired) electrons. The maximum absolute atomic E-state index is 12.3. The average molecular weight is 496 g/mol. The van der Waals surface area contributed by atoms with Crippen molar-refractivity contribution in [2.75, 3.05) is 13.7 Å². The lowest BCUT2D eigenvalue weighted by Gasteiger charge is -2.09. The van der Waals surface area contributed by atoms with Crippen molar-refractivity contribution in [2.45, 2.75) is 6.92 Å². The highest BCUT2D eigenvalue weighted by Gasteiger charge is 2.14. The number of benzene rings is 2. The highest BCUT2D eigenvalue weighted by molar-refractivity contribution is 9.11. The Balaban J connectivity index is 1.73. The molecule has 0 saturated heterocycles. The Morgan fingerprint density at radius 1 is 1.22 bits per heavy atom. The summed E-state index contributed by atoms with van der Waals surface area (Å²) in [6, 6.07) is 10.8. The van der Waals surface area contributed by atoms with Crippen LogP contribution in [0, 0.1) is 0 Å². The Morgan fingerprint density at radius 2 is 2.04 bits per heavy atom. The molecule has 0 atom stereocenters. The molecule has 0 aliphatic heterocycles. The molecule has 0 spiro atoms. The van der Waals surface area contributed by atoms with Crippen molar-refractivity contribution in [3.63, 3.8) is 0 Å². The van der Waals surface area contributed by atoms with E-state index in [0.29, 0.717) is 23.7 Å². The van der Waals surface area contributed by atoms with E-state index in [1.54, 1.807) is 25.3 Å². The Bertz CT molecular complexity index is 1010. The number of methoxy groups -OCH3 is 1. The maximum atomic E-state index is 12.3. The standard InChI is InChI=1S/C19H16Br2N2O4/c1-3-26-16-6-11(4-5-15(16)25-2)10-22-23-19(24)17-8-12-7-13(20)9-14(21)18(12)27-17/h4-10H,3H2,1-2H3,(H,23,24)/b22-10-. The molecule has 1 amide bonds. The molecule has 3 rings (SSSR count). The van der Waals surface area contributed by atoms with Gasteiger partial charge >= 0.3 is 5.91 Å². The summed E-state index contributed by atoms with van der Waals surface area (Å²) >= 11 is 6.83. The fourth-order valence-electron chi connectivity index (χ4n) is 2.45. The summed E-state index contributed by atoms with van der Waals surface area (Å²) < 4.78 is 18.0. The van der Waals surface area contributed by atoms with E-state index in [1.165, 1.54) is 6.21 Å². The summed E-state index contributed by atoms with van der Waals surface area (Å²) in [5.41, 5.74) is 3.82. The van der Waals surface area contributed by atoms with Gasteiger partial charge < -0.3 is 13.9 Å². The molecule has 6 nitrogen and oxygen atoms in total. The van der Waals surface area contributed by atoms with Crippen LogP contribution >= 0.6 is 31.9 Å². The fraction of sp³-hybridized carbons (Fsp3) is 0.158. The van der Waals surface area contributed by atoms with Gasteiger partial charge in [0, 0.05) is 9.86 Å². The SMILES string of the molecule is CCOc1cc(/C=N\NC(=O)c2cc3cc(Br)cc(Br)c3o2)ccc1OC. The molecule has 140 valence electrons. The number of nitrogens with zero attached hydrogens (tertiary/aromatic N) is 1. The van der Waals surface area contributed by atoms with Crippen LogP contribution in [-0.4, -0.2) is 25.8 Å². The monoisotopic (exact) mass is 494 g/mol. The van der Waals surface area contributed by atoms with Crippen LogP contribution in [0.3, 0.4) is 0 Å².